The summed E-state index contributed by atoms with van der Waals surface area (Å²) < 4.78 is 0.470. The average Bonchev–Trinajstić information content (AvgIpc) is 2.24. The number of thioether (sulfide) groups is 1. The first-order chi connectivity index (χ1) is 7.10. The van der Waals surface area contributed by atoms with Crippen LogP contribution < -0.4 is 5.32 Å². The summed E-state index contributed by atoms with van der Waals surface area (Å²) in [6.07, 6.45) is 7.43. The van der Waals surface area contributed by atoms with Crippen molar-refractivity contribution in [1.29, 1.82) is 0 Å². The molecule has 0 aromatic rings. The van der Waals surface area contributed by atoms with Gasteiger partial charge in [-0.25, -0.2) is 0 Å². The molecule has 0 heterocycles. The van der Waals surface area contributed by atoms with Crippen molar-refractivity contribution in [2.24, 2.45) is 5.92 Å². The second-order valence-corrected chi connectivity index (χ2v) is 6.08. The molecule has 0 aromatic carbocycles. The van der Waals surface area contributed by atoms with Crippen molar-refractivity contribution in [3.05, 3.63) is 0 Å². The van der Waals surface area contributed by atoms with E-state index in [0.29, 0.717) is 4.75 Å². The zero-order chi connectivity index (χ0) is 11.7. The number of hydrogen-bond donors (Lipinski definition) is 1. The van der Waals surface area contributed by atoms with Crippen molar-refractivity contribution in [2.75, 3.05) is 19.3 Å². The number of hydrogen-bond acceptors (Lipinski definition) is 2. The molecular formula is C13H29NS. The first-order valence-corrected chi connectivity index (χ1v) is 7.58. The quantitative estimate of drug-likeness (QED) is 0.603. The third-order valence-electron chi connectivity index (χ3n) is 3.30. The van der Waals surface area contributed by atoms with Gasteiger partial charge in [0.05, 0.1) is 0 Å². The largest absolute Gasteiger partial charge is 0.315 e. The minimum atomic E-state index is 0.470. The van der Waals surface area contributed by atoms with Crippen LogP contribution in [0.25, 0.3) is 0 Å². The average molecular weight is 231 g/mol. The molecule has 1 nitrogen and oxygen atoms in total. The molecule has 0 unspecified atom stereocenters. The zero-order valence-electron chi connectivity index (χ0n) is 11.2. The van der Waals surface area contributed by atoms with E-state index >= 15 is 0 Å². The fourth-order valence-corrected chi connectivity index (χ4v) is 2.64. The van der Waals surface area contributed by atoms with Gasteiger partial charge in [-0.3, -0.25) is 0 Å². The van der Waals surface area contributed by atoms with Gasteiger partial charge in [-0.05, 0) is 44.4 Å². The van der Waals surface area contributed by atoms with Gasteiger partial charge in [-0.15, -0.1) is 0 Å². The number of nitrogens with one attached hydrogen (secondary N) is 1. The van der Waals surface area contributed by atoms with E-state index in [1.807, 2.05) is 11.8 Å². The first kappa shape index (κ1) is 15.3. The Morgan fingerprint density at radius 2 is 1.80 bits per heavy atom. The second kappa shape index (κ2) is 8.46. The fraction of sp³-hybridized carbons (Fsp3) is 1.00. The van der Waals surface area contributed by atoms with Gasteiger partial charge in [-0.1, -0.05) is 27.7 Å². The highest BCUT2D eigenvalue weighted by atomic mass is 32.2. The molecule has 0 aliphatic heterocycles. The van der Waals surface area contributed by atoms with Crippen LogP contribution in [0.3, 0.4) is 0 Å². The summed E-state index contributed by atoms with van der Waals surface area (Å²) in [6.45, 7) is 11.5. The lowest BCUT2D eigenvalue weighted by molar-refractivity contribution is 0.471. The van der Waals surface area contributed by atoms with E-state index in [1.54, 1.807) is 0 Å². The summed E-state index contributed by atoms with van der Waals surface area (Å²) in [6, 6.07) is 0. The molecule has 0 spiro atoms. The molecule has 92 valence electrons. The summed E-state index contributed by atoms with van der Waals surface area (Å²) in [5, 5.41) is 3.61. The molecule has 0 fully saturated rings. The van der Waals surface area contributed by atoms with Gasteiger partial charge >= 0.3 is 0 Å². The monoisotopic (exact) mass is 231 g/mol. The Morgan fingerprint density at radius 3 is 2.20 bits per heavy atom. The van der Waals surface area contributed by atoms with Crippen LogP contribution in [-0.4, -0.2) is 24.1 Å². The Kier molecular flexibility index (Phi) is 8.64. The summed E-state index contributed by atoms with van der Waals surface area (Å²) in [4.78, 5) is 0. The lowest BCUT2D eigenvalue weighted by Gasteiger charge is -2.30. The van der Waals surface area contributed by atoms with Gasteiger partial charge < -0.3 is 5.32 Å². The SMILES string of the molecule is CCC(CC)(CNCCCC(C)C)SC. The van der Waals surface area contributed by atoms with Crippen LogP contribution in [0.1, 0.15) is 53.4 Å². The lowest BCUT2D eigenvalue weighted by atomic mass is 10.0. The van der Waals surface area contributed by atoms with E-state index in [0.717, 1.165) is 5.92 Å². The Balaban J connectivity index is 3.63. The van der Waals surface area contributed by atoms with Crippen molar-refractivity contribution < 1.29 is 0 Å². The van der Waals surface area contributed by atoms with E-state index in [2.05, 4.69) is 39.3 Å². The predicted molar refractivity (Wildman–Crippen MR) is 73.8 cm³/mol. The molecule has 0 saturated heterocycles. The molecule has 0 rings (SSSR count). The maximum Gasteiger partial charge on any atom is 0.0276 e. The minimum absolute atomic E-state index is 0.470. The van der Waals surface area contributed by atoms with E-state index in [4.69, 9.17) is 0 Å². The Morgan fingerprint density at radius 1 is 1.20 bits per heavy atom. The Bertz CT molecular complexity index is 133. The molecule has 0 bridgehead atoms. The smallest absolute Gasteiger partial charge is 0.0276 e. The molecule has 0 aliphatic carbocycles. The Labute approximate surface area is 101 Å². The molecule has 1 N–H and O–H groups in total. The summed E-state index contributed by atoms with van der Waals surface area (Å²) in [5.41, 5.74) is 0. The van der Waals surface area contributed by atoms with E-state index in [9.17, 15) is 0 Å². The van der Waals surface area contributed by atoms with E-state index in [-0.39, 0.29) is 0 Å². The minimum Gasteiger partial charge on any atom is -0.315 e. The van der Waals surface area contributed by atoms with Gasteiger partial charge in [0.25, 0.3) is 0 Å². The molecule has 0 amide bonds. The second-order valence-electron chi connectivity index (χ2n) is 4.81. The summed E-state index contributed by atoms with van der Waals surface area (Å²) in [7, 11) is 0. The highest BCUT2D eigenvalue weighted by Crippen LogP contribution is 2.29. The standard InChI is InChI=1S/C13H29NS/c1-6-13(7-2,15-5)11-14-10-8-9-12(3)4/h12,14H,6-11H2,1-5H3. The van der Waals surface area contributed by atoms with E-state index in [1.165, 1.54) is 38.8 Å². The molecule has 2 heteroatoms. The lowest BCUT2D eigenvalue weighted by Crippen LogP contribution is -2.37. The van der Waals surface area contributed by atoms with Crippen molar-refractivity contribution in [2.45, 2.75) is 58.1 Å². The Hall–Kier alpha value is 0.310. The van der Waals surface area contributed by atoms with Crippen molar-refractivity contribution >= 4 is 11.8 Å². The zero-order valence-corrected chi connectivity index (χ0v) is 12.0. The molecule has 15 heavy (non-hydrogen) atoms. The number of rotatable bonds is 9. The van der Waals surface area contributed by atoms with Crippen molar-refractivity contribution in [3.63, 3.8) is 0 Å². The third-order valence-corrected chi connectivity index (χ3v) is 4.89. The topological polar surface area (TPSA) is 12.0 Å². The van der Waals surface area contributed by atoms with Crippen LogP contribution in [0.4, 0.5) is 0 Å². The predicted octanol–water partition coefficient (Wildman–Crippen LogP) is 3.93. The molecule has 0 saturated carbocycles. The van der Waals surface area contributed by atoms with Crippen LogP contribution in [0.5, 0.6) is 0 Å². The third kappa shape index (κ3) is 6.47. The molecule has 0 radical (unpaired) electrons. The molecular weight excluding hydrogens is 202 g/mol. The van der Waals surface area contributed by atoms with Crippen LogP contribution in [-0.2, 0) is 0 Å². The first-order valence-electron chi connectivity index (χ1n) is 6.36. The van der Waals surface area contributed by atoms with Gasteiger partial charge in [0, 0.05) is 11.3 Å². The summed E-state index contributed by atoms with van der Waals surface area (Å²) in [5.74, 6) is 0.842. The highest BCUT2D eigenvalue weighted by Gasteiger charge is 2.23. The van der Waals surface area contributed by atoms with Crippen LogP contribution in [0, 0.1) is 5.92 Å². The molecule has 0 aliphatic rings. The van der Waals surface area contributed by atoms with Gasteiger partial charge in [0.1, 0.15) is 0 Å². The van der Waals surface area contributed by atoms with Crippen LogP contribution in [0.2, 0.25) is 0 Å². The maximum absolute atomic E-state index is 3.61. The van der Waals surface area contributed by atoms with Crippen LogP contribution in [0.15, 0.2) is 0 Å². The van der Waals surface area contributed by atoms with Crippen molar-refractivity contribution in [3.8, 4) is 0 Å². The molecule has 0 aromatic heterocycles. The molecule has 0 atom stereocenters. The van der Waals surface area contributed by atoms with Crippen LogP contribution >= 0.6 is 11.8 Å². The highest BCUT2D eigenvalue weighted by molar-refractivity contribution is 8.00. The fourth-order valence-electron chi connectivity index (χ4n) is 1.81. The normalized spacial score (nSPS) is 12.4. The van der Waals surface area contributed by atoms with Gasteiger partial charge in [0.2, 0.25) is 0 Å². The van der Waals surface area contributed by atoms with E-state index < -0.39 is 0 Å². The maximum atomic E-state index is 3.61. The van der Waals surface area contributed by atoms with Gasteiger partial charge in [-0.2, -0.15) is 11.8 Å². The summed E-state index contributed by atoms with van der Waals surface area (Å²) >= 11 is 2.02. The van der Waals surface area contributed by atoms with Crippen molar-refractivity contribution in [1.82, 2.24) is 5.32 Å². The van der Waals surface area contributed by atoms with Gasteiger partial charge in [0.15, 0.2) is 0 Å².